The molecule has 1 N–H and O–H groups in total. The Morgan fingerprint density at radius 2 is 2.04 bits per heavy atom. The van der Waals surface area contributed by atoms with Crippen molar-refractivity contribution in [3.63, 3.8) is 0 Å². The number of rotatable bonds is 6. The van der Waals surface area contributed by atoms with Crippen molar-refractivity contribution in [2.24, 2.45) is 0 Å². The van der Waals surface area contributed by atoms with E-state index in [-0.39, 0.29) is 11.3 Å². The summed E-state index contributed by atoms with van der Waals surface area (Å²) in [4.78, 5) is 14.9. The molecule has 0 aliphatic heterocycles. The second-order valence-corrected chi connectivity index (χ2v) is 5.73. The highest BCUT2D eigenvalue weighted by atomic mass is 35.5. The van der Waals surface area contributed by atoms with Crippen LogP contribution in [0.15, 0.2) is 47.0 Å². The van der Waals surface area contributed by atoms with E-state index in [2.05, 4.69) is 15.5 Å². The van der Waals surface area contributed by atoms with E-state index in [9.17, 15) is 10.1 Å². The normalized spacial score (nSPS) is 10.3. The topological polar surface area (TPSA) is 118 Å². The van der Waals surface area contributed by atoms with Gasteiger partial charge >= 0.3 is 0 Å². The molecule has 2 aromatic carbocycles. The lowest BCUT2D eigenvalue weighted by molar-refractivity contribution is -0.384. The maximum atomic E-state index is 11.1. The van der Waals surface area contributed by atoms with Crippen LogP contribution in [0, 0.1) is 21.4 Å². The van der Waals surface area contributed by atoms with Crippen molar-refractivity contribution in [2.75, 3.05) is 11.9 Å². The van der Waals surface area contributed by atoms with E-state index in [0.717, 1.165) is 5.56 Å². The zero-order valence-corrected chi connectivity index (χ0v) is 14.1. The number of nitriles is 1. The highest BCUT2D eigenvalue weighted by molar-refractivity contribution is 6.30. The van der Waals surface area contributed by atoms with E-state index >= 15 is 0 Å². The summed E-state index contributed by atoms with van der Waals surface area (Å²) in [5.74, 6) is 0.847. The Balaban J connectivity index is 1.65. The van der Waals surface area contributed by atoms with Gasteiger partial charge in [0.05, 0.1) is 16.6 Å². The van der Waals surface area contributed by atoms with Crippen molar-refractivity contribution < 1.29 is 9.45 Å². The molecule has 0 fully saturated rings. The molecule has 0 aliphatic rings. The summed E-state index contributed by atoms with van der Waals surface area (Å²) >= 11 is 5.85. The van der Waals surface area contributed by atoms with E-state index in [1.807, 2.05) is 6.07 Å². The van der Waals surface area contributed by atoms with Crippen LogP contribution in [-0.4, -0.2) is 21.6 Å². The molecule has 9 heteroatoms. The fourth-order valence-corrected chi connectivity index (χ4v) is 2.40. The van der Waals surface area contributed by atoms with E-state index in [1.165, 1.54) is 18.2 Å². The van der Waals surface area contributed by atoms with Crippen LogP contribution >= 0.6 is 11.6 Å². The fraction of sp³-hybridized carbons (Fsp3) is 0.118. The van der Waals surface area contributed by atoms with Gasteiger partial charge in [-0.15, -0.1) is 0 Å². The van der Waals surface area contributed by atoms with Crippen molar-refractivity contribution in [1.82, 2.24) is 10.1 Å². The number of hydrogen-bond acceptors (Lipinski definition) is 7. The highest BCUT2D eigenvalue weighted by Gasteiger charge is 2.15. The molecule has 0 aliphatic carbocycles. The number of nitrogens with one attached hydrogen (secondary N) is 1. The van der Waals surface area contributed by atoms with E-state index in [4.69, 9.17) is 21.4 Å². The lowest BCUT2D eigenvalue weighted by Gasteiger charge is -2.05. The number of hydrogen-bond donors (Lipinski definition) is 1. The number of nitrogens with zero attached hydrogens (tertiary/aromatic N) is 4. The van der Waals surface area contributed by atoms with Gasteiger partial charge in [0, 0.05) is 29.6 Å². The number of aromatic nitrogens is 2. The van der Waals surface area contributed by atoms with Gasteiger partial charge in [-0.05, 0) is 36.4 Å². The van der Waals surface area contributed by atoms with Gasteiger partial charge in [0.1, 0.15) is 5.69 Å². The summed E-state index contributed by atoms with van der Waals surface area (Å²) in [6.45, 7) is 0.356. The van der Waals surface area contributed by atoms with Crippen LogP contribution < -0.4 is 5.32 Å². The molecule has 0 saturated carbocycles. The third kappa shape index (κ3) is 3.96. The van der Waals surface area contributed by atoms with Crippen molar-refractivity contribution >= 4 is 23.0 Å². The Kier molecular flexibility index (Phi) is 5.10. The summed E-state index contributed by atoms with van der Waals surface area (Å²) in [5.41, 5.74) is 1.18. The number of nitro groups is 1. The lowest BCUT2D eigenvalue weighted by Crippen LogP contribution is -2.07. The molecule has 0 unspecified atom stereocenters. The average Bonchev–Trinajstić information content (AvgIpc) is 3.11. The minimum atomic E-state index is -0.533. The Labute approximate surface area is 153 Å². The number of benzene rings is 2. The van der Waals surface area contributed by atoms with Crippen LogP contribution in [-0.2, 0) is 6.42 Å². The maximum absolute atomic E-state index is 11.1. The molecule has 1 heterocycles. The van der Waals surface area contributed by atoms with Gasteiger partial charge in [-0.1, -0.05) is 16.8 Å². The average molecular weight is 370 g/mol. The van der Waals surface area contributed by atoms with Crippen molar-refractivity contribution in [1.29, 1.82) is 5.26 Å². The minimum absolute atomic E-state index is 0.156. The molecule has 8 nitrogen and oxygen atoms in total. The van der Waals surface area contributed by atoms with E-state index in [1.54, 1.807) is 24.3 Å². The maximum Gasteiger partial charge on any atom is 0.293 e. The molecular formula is C17H12ClN5O3. The first-order valence-electron chi connectivity index (χ1n) is 7.58. The minimum Gasteiger partial charge on any atom is -0.379 e. The Bertz CT molecular complexity index is 979. The quantitative estimate of drug-likeness (QED) is 0.518. The second-order valence-electron chi connectivity index (χ2n) is 5.30. The number of nitro benzene ring substituents is 1. The Morgan fingerprint density at radius 3 is 2.73 bits per heavy atom. The van der Waals surface area contributed by atoms with Gasteiger partial charge in [-0.3, -0.25) is 10.1 Å². The molecule has 1 aromatic heterocycles. The lowest BCUT2D eigenvalue weighted by atomic mass is 10.2. The van der Waals surface area contributed by atoms with Gasteiger partial charge in [0.25, 0.3) is 5.69 Å². The third-order valence-corrected chi connectivity index (χ3v) is 3.80. The SMILES string of the molecule is N#Cc1ccc(NCCc2nc(-c3ccc(Cl)cc3)no2)c([N+](=O)[O-])c1. The van der Waals surface area contributed by atoms with Crippen LogP contribution in [0.25, 0.3) is 11.4 Å². The fourth-order valence-electron chi connectivity index (χ4n) is 2.28. The summed E-state index contributed by atoms with van der Waals surface area (Å²) in [5, 5.41) is 27.4. The predicted molar refractivity (Wildman–Crippen MR) is 94.7 cm³/mol. The molecule has 3 rings (SSSR count). The monoisotopic (exact) mass is 369 g/mol. The molecule has 0 spiro atoms. The predicted octanol–water partition coefficient (Wildman–Crippen LogP) is 3.82. The molecule has 0 amide bonds. The second kappa shape index (κ2) is 7.63. The van der Waals surface area contributed by atoms with Gasteiger partial charge in [0.15, 0.2) is 0 Å². The molecule has 26 heavy (non-hydrogen) atoms. The summed E-state index contributed by atoms with van der Waals surface area (Å²) in [6.07, 6.45) is 0.387. The zero-order chi connectivity index (χ0) is 18.5. The molecule has 0 bridgehead atoms. The van der Waals surface area contributed by atoms with Gasteiger partial charge < -0.3 is 9.84 Å². The van der Waals surface area contributed by atoms with Gasteiger partial charge in [0.2, 0.25) is 11.7 Å². The number of halogens is 1. The first-order valence-corrected chi connectivity index (χ1v) is 7.95. The first kappa shape index (κ1) is 17.4. The van der Waals surface area contributed by atoms with Crippen LogP contribution in [0.4, 0.5) is 11.4 Å². The van der Waals surface area contributed by atoms with Crippen molar-refractivity contribution in [3.8, 4) is 17.5 Å². The highest BCUT2D eigenvalue weighted by Crippen LogP contribution is 2.25. The van der Waals surface area contributed by atoms with Crippen LogP contribution in [0.3, 0.4) is 0 Å². The third-order valence-electron chi connectivity index (χ3n) is 3.55. The van der Waals surface area contributed by atoms with Gasteiger partial charge in [-0.2, -0.15) is 10.2 Å². The standard InChI is InChI=1S/C17H12ClN5O3/c18-13-4-2-12(3-5-13)17-21-16(26-22-17)7-8-20-14-6-1-11(10-19)9-15(14)23(24)25/h1-6,9,20H,7-8H2. The zero-order valence-electron chi connectivity index (χ0n) is 13.3. The summed E-state index contributed by atoms with van der Waals surface area (Å²) in [6, 6.07) is 13.2. The molecule has 0 atom stereocenters. The molecule has 3 aromatic rings. The molecule has 0 radical (unpaired) electrons. The number of anilines is 1. The van der Waals surface area contributed by atoms with Crippen LogP contribution in [0.1, 0.15) is 11.5 Å². The molecule has 0 saturated heterocycles. The summed E-state index contributed by atoms with van der Waals surface area (Å²) in [7, 11) is 0. The van der Waals surface area contributed by atoms with Crippen molar-refractivity contribution in [2.45, 2.75) is 6.42 Å². The summed E-state index contributed by atoms with van der Waals surface area (Å²) < 4.78 is 5.19. The van der Waals surface area contributed by atoms with E-state index < -0.39 is 4.92 Å². The van der Waals surface area contributed by atoms with Gasteiger partial charge in [-0.25, -0.2) is 0 Å². The molecule has 130 valence electrons. The Hall–Kier alpha value is -3.44. The van der Waals surface area contributed by atoms with Crippen LogP contribution in [0.5, 0.6) is 0 Å². The van der Waals surface area contributed by atoms with E-state index in [0.29, 0.717) is 35.4 Å². The molecular weight excluding hydrogens is 358 g/mol. The Morgan fingerprint density at radius 1 is 1.27 bits per heavy atom. The smallest absolute Gasteiger partial charge is 0.293 e. The van der Waals surface area contributed by atoms with Crippen molar-refractivity contribution in [3.05, 3.63) is 69.1 Å². The first-order chi connectivity index (χ1) is 12.6. The largest absolute Gasteiger partial charge is 0.379 e. The van der Waals surface area contributed by atoms with Crippen LogP contribution in [0.2, 0.25) is 5.02 Å².